The lowest BCUT2D eigenvalue weighted by Gasteiger charge is -2.16. The van der Waals surface area contributed by atoms with Crippen LogP contribution in [0.4, 0.5) is 0 Å². The lowest BCUT2D eigenvalue weighted by molar-refractivity contribution is -0.145. The van der Waals surface area contributed by atoms with Crippen LogP contribution >= 0.6 is 0 Å². The third kappa shape index (κ3) is 5.09. The molecule has 5 nitrogen and oxygen atoms in total. The first-order valence-corrected chi connectivity index (χ1v) is 6.19. The minimum atomic E-state index is -0.777. The number of esters is 1. The number of nitrogens with one attached hydrogen (secondary N) is 1. The highest BCUT2D eigenvalue weighted by Gasteiger charge is 2.22. The quantitative estimate of drug-likeness (QED) is 0.598. The summed E-state index contributed by atoms with van der Waals surface area (Å²) in [6.45, 7) is 2.76. The molecule has 5 heteroatoms. The molecule has 0 saturated carbocycles. The van der Waals surface area contributed by atoms with E-state index in [0.29, 0.717) is 18.8 Å². The van der Waals surface area contributed by atoms with Crippen molar-refractivity contribution < 1.29 is 19.1 Å². The molecule has 1 unspecified atom stereocenters. The maximum Gasteiger partial charge on any atom is 0.333 e. The smallest absolute Gasteiger partial charge is 0.333 e. The van der Waals surface area contributed by atoms with Gasteiger partial charge >= 0.3 is 5.97 Å². The molecule has 0 saturated heterocycles. The SMILES string of the molecule is CCOCCC(=O)NC(C(=O)OC)c1ccccc1. The van der Waals surface area contributed by atoms with Crippen molar-refractivity contribution in [3.8, 4) is 0 Å². The highest BCUT2D eigenvalue weighted by molar-refractivity contribution is 5.85. The fraction of sp³-hybridized carbons (Fsp3) is 0.429. The number of carbonyl (C=O) groups is 2. The van der Waals surface area contributed by atoms with Crippen molar-refractivity contribution in [2.24, 2.45) is 0 Å². The molecular weight excluding hydrogens is 246 g/mol. The Morgan fingerprint density at radius 1 is 1.26 bits per heavy atom. The number of amides is 1. The van der Waals surface area contributed by atoms with Crippen molar-refractivity contribution in [3.05, 3.63) is 35.9 Å². The van der Waals surface area contributed by atoms with E-state index < -0.39 is 12.0 Å². The van der Waals surface area contributed by atoms with Crippen molar-refractivity contribution in [1.29, 1.82) is 0 Å². The molecule has 1 aromatic carbocycles. The zero-order valence-electron chi connectivity index (χ0n) is 11.2. The normalized spacial score (nSPS) is 11.7. The Balaban J connectivity index is 2.66. The van der Waals surface area contributed by atoms with Gasteiger partial charge in [0.1, 0.15) is 0 Å². The number of hydrogen-bond donors (Lipinski definition) is 1. The first-order chi connectivity index (χ1) is 9.19. The lowest BCUT2D eigenvalue weighted by Crippen LogP contribution is -2.35. The first kappa shape index (κ1) is 15.2. The third-order valence-corrected chi connectivity index (χ3v) is 2.55. The molecule has 0 fully saturated rings. The molecule has 104 valence electrons. The zero-order chi connectivity index (χ0) is 14.1. The van der Waals surface area contributed by atoms with Crippen LogP contribution in [-0.2, 0) is 19.1 Å². The van der Waals surface area contributed by atoms with Crippen LogP contribution < -0.4 is 5.32 Å². The molecule has 1 amide bonds. The summed E-state index contributed by atoms with van der Waals surface area (Å²) < 4.78 is 9.81. The summed E-state index contributed by atoms with van der Waals surface area (Å²) in [5, 5.41) is 2.65. The van der Waals surface area contributed by atoms with E-state index in [2.05, 4.69) is 5.32 Å². The highest BCUT2D eigenvalue weighted by Crippen LogP contribution is 2.14. The first-order valence-electron chi connectivity index (χ1n) is 6.19. The maximum absolute atomic E-state index is 11.7. The van der Waals surface area contributed by atoms with E-state index in [9.17, 15) is 9.59 Å². The molecule has 0 aromatic heterocycles. The van der Waals surface area contributed by atoms with Crippen molar-refractivity contribution in [2.45, 2.75) is 19.4 Å². The van der Waals surface area contributed by atoms with Gasteiger partial charge in [-0.1, -0.05) is 30.3 Å². The second-order valence-electron chi connectivity index (χ2n) is 3.88. The Hall–Kier alpha value is -1.88. The van der Waals surface area contributed by atoms with Gasteiger partial charge in [0.15, 0.2) is 6.04 Å². The van der Waals surface area contributed by atoms with Crippen LogP contribution in [0.15, 0.2) is 30.3 Å². The van der Waals surface area contributed by atoms with E-state index in [0.717, 1.165) is 0 Å². The van der Waals surface area contributed by atoms with Gasteiger partial charge in [-0.25, -0.2) is 4.79 Å². The van der Waals surface area contributed by atoms with Crippen LogP contribution in [0.5, 0.6) is 0 Å². The molecule has 0 bridgehead atoms. The van der Waals surface area contributed by atoms with Crippen molar-refractivity contribution in [2.75, 3.05) is 20.3 Å². The zero-order valence-corrected chi connectivity index (χ0v) is 11.2. The molecule has 0 heterocycles. The molecule has 0 aliphatic heterocycles. The fourth-order valence-electron chi connectivity index (χ4n) is 1.58. The molecule has 0 aliphatic carbocycles. The molecule has 0 radical (unpaired) electrons. The summed E-state index contributed by atoms with van der Waals surface area (Å²) in [7, 11) is 1.30. The summed E-state index contributed by atoms with van der Waals surface area (Å²) >= 11 is 0. The van der Waals surface area contributed by atoms with Crippen LogP contribution in [0, 0.1) is 0 Å². The van der Waals surface area contributed by atoms with Gasteiger partial charge in [-0.05, 0) is 12.5 Å². The Bertz CT molecular complexity index is 405. The topological polar surface area (TPSA) is 64.6 Å². The molecule has 1 rings (SSSR count). The number of methoxy groups -OCH3 is 1. The Kier molecular flexibility index (Phi) is 6.60. The largest absolute Gasteiger partial charge is 0.467 e. The number of carbonyl (C=O) groups excluding carboxylic acids is 2. The van der Waals surface area contributed by atoms with Gasteiger partial charge in [-0.15, -0.1) is 0 Å². The molecule has 1 N–H and O–H groups in total. The van der Waals surface area contributed by atoms with E-state index in [4.69, 9.17) is 9.47 Å². The minimum Gasteiger partial charge on any atom is -0.467 e. The Morgan fingerprint density at radius 2 is 1.95 bits per heavy atom. The van der Waals surface area contributed by atoms with Gasteiger partial charge in [0.05, 0.1) is 13.7 Å². The number of hydrogen-bond acceptors (Lipinski definition) is 4. The summed E-state index contributed by atoms with van der Waals surface area (Å²) in [5.41, 5.74) is 0.694. The van der Waals surface area contributed by atoms with Crippen LogP contribution in [0.25, 0.3) is 0 Å². The summed E-state index contributed by atoms with van der Waals surface area (Å²) in [5.74, 6) is -0.733. The van der Waals surface area contributed by atoms with Gasteiger partial charge in [0.2, 0.25) is 5.91 Å². The number of rotatable bonds is 7. The predicted octanol–water partition coefficient (Wildman–Crippen LogP) is 1.44. The third-order valence-electron chi connectivity index (χ3n) is 2.55. The van der Waals surface area contributed by atoms with Gasteiger partial charge < -0.3 is 14.8 Å². The molecule has 1 atom stereocenters. The van der Waals surface area contributed by atoms with E-state index >= 15 is 0 Å². The van der Waals surface area contributed by atoms with E-state index in [1.807, 2.05) is 13.0 Å². The molecule has 1 aromatic rings. The van der Waals surface area contributed by atoms with Crippen molar-refractivity contribution in [1.82, 2.24) is 5.32 Å². The van der Waals surface area contributed by atoms with Crippen LogP contribution in [0.2, 0.25) is 0 Å². The standard InChI is InChI=1S/C14H19NO4/c1-3-19-10-9-12(16)15-13(14(17)18-2)11-7-5-4-6-8-11/h4-8,13H,3,9-10H2,1-2H3,(H,15,16). The van der Waals surface area contributed by atoms with E-state index in [-0.39, 0.29) is 12.3 Å². The van der Waals surface area contributed by atoms with Gasteiger partial charge in [-0.2, -0.15) is 0 Å². The number of benzene rings is 1. The van der Waals surface area contributed by atoms with Crippen molar-refractivity contribution >= 4 is 11.9 Å². The molecular formula is C14H19NO4. The summed E-state index contributed by atoms with van der Waals surface area (Å²) in [6, 6.07) is 8.21. The molecule has 0 spiro atoms. The summed E-state index contributed by atoms with van der Waals surface area (Å²) in [6.07, 6.45) is 0.216. The fourth-order valence-corrected chi connectivity index (χ4v) is 1.58. The van der Waals surface area contributed by atoms with Crippen LogP contribution in [0.3, 0.4) is 0 Å². The second kappa shape index (κ2) is 8.26. The van der Waals surface area contributed by atoms with Crippen molar-refractivity contribution in [3.63, 3.8) is 0 Å². The maximum atomic E-state index is 11.7. The van der Waals surface area contributed by atoms with Crippen LogP contribution in [0.1, 0.15) is 24.9 Å². The Morgan fingerprint density at radius 3 is 2.53 bits per heavy atom. The predicted molar refractivity (Wildman–Crippen MR) is 70.5 cm³/mol. The molecule has 19 heavy (non-hydrogen) atoms. The van der Waals surface area contributed by atoms with Gasteiger partial charge in [-0.3, -0.25) is 4.79 Å². The van der Waals surface area contributed by atoms with Crippen LogP contribution in [-0.4, -0.2) is 32.2 Å². The number of ether oxygens (including phenoxy) is 2. The Labute approximate surface area is 112 Å². The average molecular weight is 265 g/mol. The monoisotopic (exact) mass is 265 g/mol. The van der Waals surface area contributed by atoms with E-state index in [1.165, 1.54) is 7.11 Å². The minimum absolute atomic E-state index is 0.216. The lowest BCUT2D eigenvalue weighted by atomic mass is 10.1. The van der Waals surface area contributed by atoms with Gasteiger partial charge in [0, 0.05) is 13.0 Å². The highest BCUT2D eigenvalue weighted by atomic mass is 16.5. The van der Waals surface area contributed by atoms with E-state index in [1.54, 1.807) is 24.3 Å². The second-order valence-corrected chi connectivity index (χ2v) is 3.88. The average Bonchev–Trinajstić information content (AvgIpc) is 2.45. The molecule has 0 aliphatic rings. The van der Waals surface area contributed by atoms with Gasteiger partial charge in [0.25, 0.3) is 0 Å². The summed E-state index contributed by atoms with van der Waals surface area (Å²) in [4.78, 5) is 23.4.